The molecule has 27 heavy (non-hydrogen) atoms. The van der Waals surface area contributed by atoms with E-state index in [4.69, 9.17) is 0 Å². The molecule has 3 N–H and O–H groups in total. The van der Waals surface area contributed by atoms with Gasteiger partial charge in [-0.25, -0.2) is 9.97 Å². The van der Waals surface area contributed by atoms with Crippen LogP contribution in [0.5, 0.6) is 11.5 Å². The summed E-state index contributed by atoms with van der Waals surface area (Å²) in [5, 5.41) is 25.6. The van der Waals surface area contributed by atoms with Gasteiger partial charge in [0.2, 0.25) is 0 Å². The monoisotopic (exact) mass is 357 g/mol. The maximum Gasteiger partial charge on any atom is 0.147 e. The zero-order chi connectivity index (χ0) is 18.8. The van der Waals surface area contributed by atoms with Crippen molar-refractivity contribution < 1.29 is 10.2 Å². The second-order valence-electron chi connectivity index (χ2n) is 6.38. The van der Waals surface area contributed by atoms with Gasteiger partial charge in [-0.2, -0.15) is 0 Å². The van der Waals surface area contributed by atoms with Crippen molar-refractivity contribution in [3.05, 3.63) is 89.7 Å². The summed E-state index contributed by atoms with van der Waals surface area (Å²) in [7, 11) is 0. The number of nitrogens with zero attached hydrogens (tertiary/aromatic N) is 2. The fourth-order valence-electron chi connectivity index (χ4n) is 3.17. The average molecular weight is 357 g/mol. The van der Waals surface area contributed by atoms with Gasteiger partial charge in [-0.05, 0) is 31.2 Å². The fourth-order valence-corrected chi connectivity index (χ4v) is 3.17. The summed E-state index contributed by atoms with van der Waals surface area (Å²) in [6, 6.07) is 19.7. The van der Waals surface area contributed by atoms with Crippen LogP contribution in [0.4, 0.5) is 5.82 Å². The highest BCUT2D eigenvalue weighted by molar-refractivity contribution is 5.86. The lowest BCUT2D eigenvalue weighted by molar-refractivity contribution is 0.460. The number of fused-ring (bicyclic) bond motifs is 1. The smallest absolute Gasteiger partial charge is 0.147 e. The number of para-hydroxylation sites is 1. The minimum absolute atomic E-state index is 0.0906. The minimum Gasteiger partial charge on any atom is -0.508 e. The topological polar surface area (TPSA) is 78.3 Å². The lowest BCUT2D eigenvalue weighted by Gasteiger charge is -2.22. The first-order valence-corrected chi connectivity index (χ1v) is 8.68. The van der Waals surface area contributed by atoms with E-state index in [1.54, 1.807) is 18.3 Å². The highest BCUT2D eigenvalue weighted by Crippen LogP contribution is 2.38. The molecule has 0 bridgehead atoms. The Bertz CT molecular complexity index is 1100. The van der Waals surface area contributed by atoms with Gasteiger partial charge in [0, 0.05) is 28.4 Å². The first-order chi connectivity index (χ1) is 13.1. The van der Waals surface area contributed by atoms with Crippen molar-refractivity contribution in [3.8, 4) is 11.5 Å². The summed E-state index contributed by atoms with van der Waals surface area (Å²) in [5.74, 6) is 0.873. The zero-order valence-corrected chi connectivity index (χ0v) is 14.8. The van der Waals surface area contributed by atoms with Crippen LogP contribution in [0.3, 0.4) is 0 Å². The van der Waals surface area contributed by atoms with E-state index in [-0.39, 0.29) is 11.5 Å². The molecular weight excluding hydrogens is 338 g/mol. The van der Waals surface area contributed by atoms with E-state index in [1.807, 2.05) is 61.5 Å². The van der Waals surface area contributed by atoms with Crippen LogP contribution in [0, 0.1) is 6.92 Å². The zero-order valence-electron chi connectivity index (χ0n) is 14.8. The molecule has 0 spiro atoms. The lowest BCUT2D eigenvalue weighted by Crippen LogP contribution is -2.14. The molecular formula is C22H19N3O2. The van der Waals surface area contributed by atoms with Crippen molar-refractivity contribution in [1.29, 1.82) is 0 Å². The lowest BCUT2D eigenvalue weighted by atomic mass is 9.95. The highest BCUT2D eigenvalue weighted by atomic mass is 16.3. The van der Waals surface area contributed by atoms with Gasteiger partial charge < -0.3 is 15.5 Å². The maximum absolute atomic E-state index is 11.0. The van der Waals surface area contributed by atoms with Crippen LogP contribution in [0.1, 0.15) is 22.9 Å². The molecule has 1 atom stereocenters. The van der Waals surface area contributed by atoms with E-state index in [9.17, 15) is 10.2 Å². The number of rotatable bonds is 4. The van der Waals surface area contributed by atoms with Gasteiger partial charge in [-0.3, -0.25) is 0 Å². The summed E-state index contributed by atoms with van der Waals surface area (Å²) < 4.78 is 0. The molecule has 0 fully saturated rings. The van der Waals surface area contributed by atoms with E-state index in [1.165, 1.54) is 0 Å². The number of nitrogens with one attached hydrogen (secondary N) is 1. The Hall–Kier alpha value is -3.60. The molecule has 4 aromatic rings. The van der Waals surface area contributed by atoms with Crippen molar-refractivity contribution >= 4 is 16.7 Å². The molecule has 0 saturated heterocycles. The third-order valence-corrected chi connectivity index (χ3v) is 4.52. The highest BCUT2D eigenvalue weighted by Gasteiger charge is 2.22. The molecule has 2 heterocycles. The Morgan fingerprint density at radius 1 is 0.852 bits per heavy atom. The average Bonchev–Trinajstić information content (AvgIpc) is 2.69. The first-order valence-electron chi connectivity index (χ1n) is 8.68. The minimum atomic E-state index is -0.493. The third kappa shape index (κ3) is 3.27. The molecule has 0 amide bonds. The van der Waals surface area contributed by atoms with Crippen LogP contribution in [-0.2, 0) is 0 Å². The number of aryl methyl sites for hydroxylation is 1. The third-order valence-electron chi connectivity index (χ3n) is 4.52. The Morgan fingerprint density at radius 2 is 1.63 bits per heavy atom. The molecule has 0 aliphatic rings. The maximum atomic E-state index is 11.0. The van der Waals surface area contributed by atoms with Gasteiger partial charge in [0.15, 0.2) is 0 Å². The van der Waals surface area contributed by atoms with E-state index in [0.717, 1.165) is 11.1 Å². The summed E-state index contributed by atoms with van der Waals surface area (Å²) >= 11 is 0. The summed E-state index contributed by atoms with van der Waals surface area (Å²) in [5.41, 5.74) is 2.63. The molecule has 5 heteroatoms. The fraction of sp³-hybridized carbons (Fsp3) is 0.0909. The molecule has 0 radical (unpaired) electrons. The normalized spacial score (nSPS) is 12.0. The van der Waals surface area contributed by atoms with Crippen LogP contribution in [0.15, 0.2) is 72.9 Å². The molecule has 5 nitrogen and oxygen atoms in total. The van der Waals surface area contributed by atoms with E-state index in [2.05, 4.69) is 15.3 Å². The van der Waals surface area contributed by atoms with Crippen LogP contribution in [0.2, 0.25) is 0 Å². The van der Waals surface area contributed by atoms with E-state index >= 15 is 0 Å². The predicted octanol–water partition coefficient (Wildman–Crippen LogP) is 4.55. The Labute approximate surface area is 157 Å². The summed E-state index contributed by atoms with van der Waals surface area (Å²) in [6.07, 6.45) is 1.69. The first kappa shape index (κ1) is 16.8. The number of hydrogen-bond acceptors (Lipinski definition) is 5. The van der Waals surface area contributed by atoms with E-state index < -0.39 is 6.04 Å². The van der Waals surface area contributed by atoms with Crippen LogP contribution < -0.4 is 5.32 Å². The van der Waals surface area contributed by atoms with Gasteiger partial charge in [-0.1, -0.05) is 42.5 Å². The van der Waals surface area contributed by atoms with Gasteiger partial charge in [-0.15, -0.1) is 0 Å². The SMILES string of the molecule is Cc1ccc2ccc([C@@H](Nc3ccccn3)c3ccccc3O)c(O)c2n1. The quantitative estimate of drug-likeness (QED) is 0.499. The van der Waals surface area contributed by atoms with Crippen molar-refractivity contribution in [1.82, 2.24) is 9.97 Å². The summed E-state index contributed by atoms with van der Waals surface area (Å²) in [6.45, 7) is 1.89. The molecule has 2 aromatic heterocycles. The molecule has 0 aliphatic carbocycles. The number of phenolic OH excluding ortho intramolecular Hbond substituents is 2. The second-order valence-corrected chi connectivity index (χ2v) is 6.38. The van der Waals surface area contributed by atoms with E-state index in [0.29, 0.717) is 22.5 Å². The molecule has 4 rings (SSSR count). The molecule has 0 saturated carbocycles. The molecule has 2 aromatic carbocycles. The second kappa shape index (κ2) is 6.96. The molecule has 0 aliphatic heterocycles. The van der Waals surface area contributed by atoms with Crippen LogP contribution in [-0.4, -0.2) is 20.2 Å². The van der Waals surface area contributed by atoms with Gasteiger partial charge in [0.25, 0.3) is 0 Å². The van der Waals surface area contributed by atoms with Crippen LogP contribution in [0.25, 0.3) is 10.9 Å². The molecule has 134 valence electrons. The number of hydrogen-bond donors (Lipinski definition) is 3. The standard InChI is InChI=1S/C22H19N3O2/c1-14-9-10-15-11-12-17(22(27)20(15)24-14)21(16-6-2-3-7-18(16)26)25-19-8-4-5-13-23-19/h2-13,21,26-27H,1H3,(H,23,25)/t21-/m0/s1. The predicted molar refractivity (Wildman–Crippen MR) is 106 cm³/mol. The number of anilines is 1. The Morgan fingerprint density at radius 3 is 2.41 bits per heavy atom. The number of aromatic nitrogens is 2. The van der Waals surface area contributed by atoms with Crippen molar-refractivity contribution in [3.63, 3.8) is 0 Å². The summed E-state index contributed by atoms with van der Waals surface area (Å²) in [4.78, 5) is 8.80. The number of aromatic hydroxyl groups is 2. The van der Waals surface area contributed by atoms with Gasteiger partial charge in [0.05, 0.1) is 6.04 Å². The number of benzene rings is 2. The largest absolute Gasteiger partial charge is 0.508 e. The van der Waals surface area contributed by atoms with Crippen molar-refractivity contribution in [2.24, 2.45) is 0 Å². The Kier molecular flexibility index (Phi) is 4.34. The molecule has 0 unspecified atom stereocenters. The Balaban J connectivity index is 1.89. The number of pyridine rings is 2. The van der Waals surface area contributed by atoms with Gasteiger partial charge in [0.1, 0.15) is 22.8 Å². The van der Waals surface area contributed by atoms with Crippen molar-refractivity contribution in [2.45, 2.75) is 13.0 Å². The van der Waals surface area contributed by atoms with Crippen LogP contribution >= 0.6 is 0 Å². The van der Waals surface area contributed by atoms with Gasteiger partial charge >= 0.3 is 0 Å². The number of phenols is 2. The van der Waals surface area contributed by atoms with Crippen molar-refractivity contribution in [2.75, 3.05) is 5.32 Å².